The summed E-state index contributed by atoms with van der Waals surface area (Å²) in [5.74, 6) is -5.18. The van der Waals surface area contributed by atoms with Crippen molar-refractivity contribution >= 4 is 0 Å². The van der Waals surface area contributed by atoms with Gasteiger partial charge < -0.3 is 5.11 Å². The second-order valence-electron chi connectivity index (χ2n) is 2.38. The summed E-state index contributed by atoms with van der Waals surface area (Å²) in [6, 6.07) is 0. The van der Waals surface area contributed by atoms with Gasteiger partial charge in [-0.25, -0.2) is 0 Å². The molecule has 0 saturated carbocycles. The molecule has 0 amide bonds. The van der Waals surface area contributed by atoms with Gasteiger partial charge in [-0.3, -0.25) is 0 Å². The van der Waals surface area contributed by atoms with E-state index in [1.807, 2.05) is 0 Å². The predicted molar refractivity (Wildman–Crippen MR) is 35.6 cm³/mol. The first-order valence-corrected chi connectivity index (χ1v) is 3.37. The molecule has 0 saturated heterocycles. The Morgan fingerprint density at radius 2 is 1.79 bits per heavy atom. The van der Waals surface area contributed by atoms with Crippen molar-refractivity contribution in [2.45, 2.75) is 24.6 Å². The molecule has 1 atom stereocenters. The van der Waals surface area contributed by atoms with Gasteiger partial charge in [0, 0.05) is 11.5 Å². The van der Waals surface area contributed by atoms with Crippen LogP contribution in [0, 0.1) is 0 Å². The monoisotopic (exact) mass is 219 g/mol. The van der Waals surface area contributed by atoms with Gasteiger partial charge in [0.15, 0.2) is 0 Å². The molecule has 0 bridgehead atoms. The summed E-state index contributed by atoms with van der Waals surface area (Å²) in [7, 11) is 0. The highest BCUT2D eigenvalue weighted by molar-refractivity contribution is 4.84. The Kier molecular flexibility index (Phi) is 4.08. The minimum Gasteiger partial charge on any atom is -0.386 e. The number of aliphatic hydroxyl groups is 1. The SMILES string of the molecule is [N-]=[N+]=NCCC(O)C(F)(F)C(F)(F)F. The molecule has 0 fully saturated rings. The molecule has 0 radical (unpaired) electrons. The second kappa shape index (κ2) is 4.43. The van der Waals surface area contributed by atoms with Gasteiger partial charge >= 0.3 is 12.1 Å². The quantitative estimate of drug-likeness (QED) is 0.335. The third-order valence-electron chi connectivity index (χ3n) is 1.36. The first-order chi connectivity index (χ1) is 6.23. The lowest BCUT2D eigenvalue weighted by atomic mass is 10.1. The largest absolute Gasteiger partial charge is 0.456 e. The molecule has 0 aromatic carbocycles. The van der Waals surface area contributed by atoms with Gasteiger partial charge in [0.1, 0.15) is 6.10 Å². The van der Waals surface area contributed by atoms with Crippen LogP contribution in [-0.4, -0.2) is 29.9 Å². The maximum Gasteiger partial charge on any atom is 0.456 e. The van der Waals surface area contributed by atoms with Crippen molar-refractivity contribution in [3.05, 3.63) is 10.4 Å². The van der Waals surface area contributed by atoms with Crippen LogP contribution in [0.4, 0.5) is 22.0 Å². The van der Waals surface area contributed by atoms with E-state index in [2.05, 4.69) is 10.0 Å². The molecule has 82 valence electrons. The highest BCUT2D eigenvalue weighted by Crippen LogP contribution is 2.38. The molecular formula is C5H6F5N3O. The topological polar surface area (TPSA) is 69.0 Å². The Labute approximate surface area is 75.0 Å². The number of aliphatic hydroxyl groups excluding tert-OH is 1. The van der Waals surface area contributed by atoms with Crippen molar-refractivity contribution in [2.75, 3.05) is 6.54 Å². The molecule has 0 rings (SSSR count). The summed E-state index contributed by atoms with van der Waals surface area (Å²) in [6.45, 7) is -0.622. The average Bonchev–Trinajstić information content (AvgIpc) is 2.02. The van der Waals surface area contributed by atoms with E-state index >= 15 is 0 Å². The standard InChI is InChI=1S/C5H6F5N3O/c6-4(7,5(8,9)10)3(14)1-2-12-13-11/h3,14H,1-2H2. The highest BCUT2D eigenvalue weighted by atomic mass is 19.4. The fourth-order valence-corrected chi connectivity index (χ4v) is 0.595. The van der Waals surface area contributed by atoms with Crippen molar-refractivity contribution in [1.82, 2.24) is 0 Å². The third kappa shape index (κ3) is 3.00. The summed E-state index contributed by atoms with van der Waals surface area (Å²) in [4.78, 5) is 2.14. The smallest absolute Gasteiger partial charge is 0.386 e. The molecule has 0 heterocycles. The zero-order valence-corrected chi connectivity index (χ0v) is 6.67. The summed E-state index contributed by atoms with van der Waals surface area (Å²) < 4.78 is 59.2. The van der Waals surface area contributed by atoms with E-state index in [0.717, 1.165) is 0 Å². The van der Waals surface area contributed by atoms with Gasteiger partial charge in [0.05, 0.1) is 0 Å². The summed E-state index contributed by atoms with van der Waals surface area (Å²) in [6.07, 6.45) is -9.65. The van der Waals surface area contributed by atoms with Crippen LogP contribution in [0.15, 0.2) is 5.11 Å². The summed E-state index contributed by atoms with van der Waals surface area (Å²) >= 11 is 0. The van der Waals surface area contributed by atoms with Crippen molar-refractivity contribution in [3.8, 4) is 0 Å². The zero-order chi connectivity index (χ0) is 11.4. The van der Waals surface area contributed by atoms with Crippen molar-refractivity contribution < 1.29 is 27.1 Å². The summed E-state index contributed by atoms with van der Waals surface area (Å²) in [5, 5.41) is 11.2. The number of nitrogens with zero attached hydrogens (tertiary/aromatic N) is 3. The van der Waals surface area contributed by atoms with Crippen LogP contribution >= 0.6 is 0 Å². The molecule has 9 heteroatoms. The third-order valence-corrected chi connectivity index (χ3v) is 1.36. The van der Waals surface area contributed by atoms with Gasteiger partial charge in [-0.1, -0.05) is 5.11 Å². The Bertz CT molecular complexity index is 234. The van der Waals surface area contributed by atoms with Crippen LogP contribution in [0.3, 0.4) is 0 Å². The van der Waals surface area contributed by atoms with Gasteiger partial charge in [0.25, 0.3) is 0 Å². The minimum absolute atomic E-state index is 0.622. The molecule has 0 aromatic heterocycles. The Hall–Kier alpha value is -1.08. The number of hydrogen-bond donors (Lipinski definition) is 1. The van der Waals surface area contributed by atoms with Crippen LogP contribution < -0.4 is 0 Å². The lowest BCUT2D eigenvalue weighted by molar-refractivity contribution is -0.313. The molecule has 1 unspecified atom stereocenters. The van der Waals surface area contributed by atoms with E-state index < -0.39 is 31.2 Å². The van der Waals surface area contributed by atoms with Gasteiger partial charge in [0.2, 0.25) is 0 Å². The lowest BCUT2D eigenvalue weighted by Crippen LogP contribution is -2.47. The average molecular weight is 219 g/mol. The Morgan fingerprint density at radius 3 is 2.14 bits per heavy atom. The first kappa shape index (κ1) is 12.9. The summed E-state index contributed by atoms with van der Waals surface area (Å²) in [5.41, 5.74) is 7.71. The minimum atomic E-state index is -5.80. The van der Waals surface area contributed by atoms with Crippen molar-refractivity contribution in [3.63, 3.8) is 0 Å². The number of hydrogen-bond acceptors (Lipinski definition) is 2. The van der Waals surface area contributed by atoms with E-state index in [4.69, 9.17) is 10.6 Å². The van der Waals surface area contributed by atoms with E-state index in [1.54, 1.807) is 0 Å². The van der Waals surface area contributed by atoms with Crippen molar-refractivity contribution in [1.29, 1.82) is 0 Å². The fraction of sp³-hybridized carbons (Fsp3) is 1.00. The van der Waals surface area contributed by atoms with Gasteiger partial charge in [-0.2, -0.15) is 22.0 Å². The molecule has 14 heavy (non-hydrogen) atoms. The molecule has 0 spiro atoms. The first-order valence-electron chi connectivity index (χ1n) is 3.37. The van der Waals surface area contributed by atoms with E-state index in [1.165, 1.54) is 0 Å². The Balaban J connectivity index is 4.35. The van der Waals surface area contributed by atoms with Crippen molar-refractivity contribution in [2.24, 2.45) is 5.11 Å². The second-order valence-corrected chi connectivity index (χ2v) is 2.38. The van der Waals surface area contributed by atoms with Crippen LogP contribution in [0.1, 0.15) is 6.42 Å². The molecule has 1 N–H and O–H groups in total. The highest BCUT2D eigenvalue weighted by Gasteiger charge is 2.61. The van der Waals surface area contributed by atoms with Crippen LogP contribution in [0.5, 0.6) is 0 Å². The maximum atomic E-state index is 12.2. The molecule has 0 aliphatic heterocycles. The number of rotatable bonds is 4. The van der Waals surface area contributed by atoms with E-state index in [0.29, 0.717) is 0 Å². The zero-order valence-electron chi connectivity index (χ0n) is 6.67. The number of azide groups is 1. The molecule has 0 aliphatic carbocycles. The van der Waals surface area contributed by atoms with E-state index in [-0.39, 0.29) is 0 Å². The number of halogens is 5. The molecule has 4 nitrogen and oxygen atoms in total. The number of alkyl halides is 5. The van der Waals surface area contributed by atoms with Crippen LogP contribution in [0.2, 0.25) is 0 Å². The van der Waals surface area contributed by atoms with Gasteiger partial charge in [-0.05, 0) is 12.0 Å². The van der Waals surface area contributed by atoms with Crippen LogP contribution in [0.25, 0.3) is 10.4 Å². The molecular weight excluding hydrogens is 213 g/mol. The lowest BCUT2D eigenvalue weighted by Gasteiger charge is -2.24. The Morgan fingerprint density at radius 1 is 1.29 bits per heavy atom. The predicted octanol–water partition coefficient (Wildman–Crippen LogP) is 2.25. The maximum absolute atomic E-state index is 12.2. The van der Waals surface area contributed by atoms with Crippen LogP contribution in [-0.2, 0) is 0 Å². The molecule has 0 aliphatic rings. The van der Waals surface area contributed by atoms with Gasteiger partial charge in [-0.15, -0.1) is 0 Å². The normalized spacial score (nSPS) is 14.7. The molecule has 0 aromatic rings. The fourth-order valence-electron chi connectivity index (χ4n) is 0.595. The van der Waals surface area contributed by atoms with E-state index in [9.17, 15) is 22.0 Å².